The molecule has 0 fully saturated rings. The Balaban J connectivity index is 2.96. The maximum atomic E-state index is 9.22. The molecule has 0 aromatic heterocycles. The van der Waals surface area contributed by atoms with Crippen molar-refractivity contribution in [2.75, 3.05) is 13.1 Å². The van der Waals surface area contributed by atoms with Gasteiger partial charge in [0.15, 0.2) is 0 Å². The molecule has 0 radical (unpaired) electrons. The molecule has 0 aliphatic rings. The van der Waals surface area contributed by atoms with E-state index in [4.69, 9.17) is 5.26 Å². The lowest BCUT2D eigenvalue weighted by molar-refractivity contribution is 0.160. The molecule has 0 saturated heterocycles. The molecule has 0 rings (SSSR count). The minimum Gasteiger partial charge on any atom is -0.393 e. The minimum absolute atomic E-state index is 0.161. The van der Waals surface area contributed by atoms with Gasteiger partial charge in [-0.05, 0) is 38.8 Å². The van der Waals surface area contributed by atoms with Gasteiger partial charge in [-0.2, -0.15) is 5.26 Å². The van der Waals surface area contributed by atoms with Crippen LogP contribution in [0.5, 0.6) is 0 Å². The van der Waals surface area contributed by atoms with E-state index in [9.17, 15) is 5.11 Å². The SMILES string of the molecule is CCC(O)CCNCCCCC#N. The Labute approximate surface area is 80.8 Å². The third-order valence-corrected chi connectivity index (χ3v) is 2.02. The van der Waals surface area contributed by atoms with Gasteiger partial charge in [0.05, 0.1) is 12.2 Å². The van der Waals surface area contributed by atoms with Gasteiger partial charge in [0.2, 0.25) is 0 Å². The molecule has 0 bridgehead atoms. The van der Waals surface area contributed by atoms with Crippen LogP contribution in [0, 0.1) is 11.3 Å². The number of unbranched alkanes of at least 4 members (excludes halogenated alkanes) is 2. The van der Waals surface area contributed by atoms with Gasteiger partial charge < -0.3 is 10.4 Å². The summed E-state index contributed by atoms with van der Waals surface area (Å²) in [4.78, 5) is 0. The van der Waals surface area contributed by atoms with Crippen LogP contribution in [0.3, 0.4) is 0 Å². The van der Waals surface area contributed by atoms with Crippen LogP contribution < -0.4 is 5.32 Å². The molecule has 3 heteroatoms. The molecule has 0 saturated carbocycles. The van der Waals surface area contributed by atoms with Crippen molar-refractivity contribution in [1.29, 1.82) is 5.26 Å². The monoisotopic (exact) mass is 184 g/mol. The van der Waals surface area contributed by atoms with Crippen molar-refractivity contribution in [3.63, 3.8) is 0 Å². The number of nitriles is 1. The summed E-state index contributed by atoms with van der Waals surface area (Å²) in [5, 5.41) is 20.7. The van der Waals surface area contributed by atoms with E-state index in [1.165, 1.54) is 0 Å². The molecule has 0 aliphatic carbocycles. The molecular weight excluding hydrogens is 164 g/mol. The Morgan fingerprint density at radius 3 is 2.77 bits per heavy atom. The van der Waals surface area contributed by atoms with E-state index < -0.39 is 0 Å². The quantitative estimate of drug-likeness (QED) is 0.561. The molecule has 3 nitrogen and oxygen atoms in total. The van der Waals surface area contributed by atoms with Gasteiger partial charge in [0.1, 0.15) is 0 Å². The molecule has 2 N–H and O–H groups in total. The van der Waals surface area contributed by atoms with Crippen molar-refractivity contribution in [3.05, 3.63) is 0 Å². The van der Waals surface area contributed by atoms with E-state index in [1.54, 1.807) is 0 Å². The van der Waals surface area contributed by atoms with Crippen LogP contribution in [0.25, 0.3) is 0 Å². The van der Waals surface area contributed by atoms with Crippen LogP contribution in [-0.2, 0) is 0 Å². The lowest BCUT2D eigenvalue weighted by atomic mass is 10.2. The van der Waals surface area contributed by atoms with Crippen molar-refractivity contribution in [3.8, 4) is 6.07 Å². The average Bonchev–Trinajstić information content (AvgIpc) is 2.16. The van der Waals surface area contributed by atoms with E-state index >= 15 is 0 Å². The topological polar surface area (TPSA) is 56.0 Å². The molecule has 0 heterocycles. The van der Waals surface area contributed by atoms with Gasteiger partial charge in [-0.15, -0.1) is 0 Å². The van der Waals surface area contributed by atoms with Crippen molar-refractivity contribution in [2.45, 2.75) is 45.1 Å². The summed E-state index contributed by atoms with van der Waals surface area (Å²) in [5.74, 6) is 0. The fraction of sp³-hybridized carbons (Fsp3) is 0.900. The normalized spacial score (nSPS) is 12.4. The molecule has 0 amide bonds. The van der Waals surface area contributed by atoms with Crippen LogP contribution in [-0.4, -0.2) is 24.3 Å². The summed E-state index contributed by atoms with van der Waals surface area (Å²) in [6.45, 7) is 3.82. The lowest BCUT2D eigenvalue weighted by Crippen LogP contribution is -2.21. The van der Waals surface area contributed by atoms with Crippen molar-refractivity contribution in [2.24, 2.45) is 0 Å². The minimum atomic E-state index is -0.161. The predicted octanol–water partition coefficient (Wildman–Crippen LogP) is 1.43. The van der Waals surface area contributed by atoms with E-state index in [1.807, 2.05) is 6.92 Å². The van der Waals surface area contributed by atoms with Crippen LogP contribution in [0.4, 0.5) is 0 Å². The van der Waals surface area contributed by atoms with Crippen molar-refractivity contribution in [1.82, 2.24) is 5.32 Å². The van der Waals surface area contributed by atoms with Gasteiger partial charge in [0.25, 0.3) is 0 Å². The maximum Gasteiger partial charge on any atom is 0.0621 e. The average molecular weight is 184 g/mol. The highest BCUT2D eigenvalue weighted by Crippen LogP contribution is 1.95. The summed E-state index contributed by atoms with van der Waals surface area (Å²) in [7, 11) is 0. The Hall–Kier alpha value is -0.590. The van der Waals surface area contributed by atoms with Gasteiger partial charge in [-0.25, -0.2) is 0 Å². The molecule has 13 heavy (non-hydrogen) atoms. The van der Waals surface area contributed by atoms with Crippen LogP contribution in [0.2, 0.25) is 0 Å². The van der Waals surface area contributed by atoms with Gasteiger partial charge in [-0.1, -0.05) is 6.92 Å². The molecule has 0 spiro atoms. The molecule has 1 unspecified atom stereocenters. The standard InChI is InChI=1S/C10H20N2O/c1-2-10(13)6-9-12-8-5-3-4-7-11/h10,12-13H,2-6,8-9H2,1H3. The zero-order chi connectivity index (χ0) is 9.94. The number of rotatable bonds is 8. The van der Waals surface area contributed by atoms with Crippen molar-refractivity contribution >= 4 is 0 Å². The van der Waals surface area contributed by atoms with Crippen LogP contribution >= 0.6 is 0 Å². The summed E-state index contributed by atoms with van der Waals surface area (Å²) in [6.07, 6.45) is 4.17. The van der Waals surface area contributed by atoms with E-state index in [2.05, 4.69) is 11.4 Å². The zero-order valence-corrected chi connectivity index (χ0v) is 8.42. The number of hydrogen-bond donors (Lipinski definition) is 2. The third-order valence-electron chi connectivity index (χ3n) is 2.02. The summed E-state index contributed by atoms with van der Waals surface area (Å²) in [6, 6.07) is 2.12. The fourth-order valence-electron chi connectivity index (χ4n) is 1.05. The van der Waals surface area contributed by atoms with Gasteiger partial charge in [0, 0.05) is 6.42 Å². The number of nitrogens with zero attached hydrogens (tertiary/aromatic N) is 1. The summed E-state index contributed by atoms with van der Waals surface area (Å²) >= 11 is 0. The highest BCUT2D eigenvalue weighted by atomic mass is 16.3. The lowest BCUT2D eigenvalue weighted by Gasteiger charge is -2.07. The Morgan fingerprint density at radius 1 is 1.38 bits per heavy atom. The number of aliphatic hydroxyl groups excluding tert-OH is 1. The Kier molecular flexibility index (Phi) is 9.07. The van der Waals surface area contributed by atoms with E-state index in [0.29, 0.717) is 6.42 Å². The fourth-order valence-corrected chi connectivity index (χ4v) is 1.05. The number of hydrogen-bond acceptors (Lipinski definition) is 3. The Bertz CT molecular complexity index is 142. The molecular formula is C10H20N2O. The van der Waals surface area contributed by atoms with E-state index in [0.717, 1.165) is 38.8 Å². The molecule has 1 atom stereocenters. The summed E-state index contributed by atoms with van der Waals surface area (Å²) < 4.78 is 0. The smallest absolute Gasteiger partial charge is 0.0621 e. The molecule has 76 valence electrons. The van der Waals surface area contributed by atoms with Crippen molar-refractivity contribution < 1.29 is 5.11 Å². The first-order valence-electron chi connectivity index (χ1n) is 5.07. The second kappa shape index (κ2) is 9.50. The first-order chi connectivity index (χ1) is 6.31. The third kappa shape index (κ3) is 9.32. The Morgan fingerprint density at radius 2 is 2.15 bits per heavy atom. The van der Waals surface area contributed by atoms with Crippen LogP contribution in [0.1, 0.15) is 39.0 Å². The first kappa shape index (κ1) is 12.4. The first-order valence-corrected chi connectivity index (χ1v) is 5.07. The van der Waals surface area contributed by atoms with E-state index in [-0.39, 0.29) is 6.10 Å². The highest BCUT2D eigenvalue weighted by molar-refractivity contribution is 4.68. The molecule has 0 aliphatic heterocycles. The second-order valence-corrected chi connectivity index (χ2v) is 3.22. The molecule has 0 aromatic rings. The largest absolute Gasteiger partial charge is 0.393 e. The zero-order valence-electron chi connectivity index (χ0n) is 8.42. The van der Waals surface area contributed by atoms with Gasteiger partial charge in [-0.3, -0.25) is 0 Å². The maximum absolute atomic E-state index is 9.22. The van der Waals surface area contributed by atoms with Crippen LogP contribution in [0.15, 0.2) is 0 Å². The summed E-state index contributed by atoms with van der Waals surface area (Å²) in [5.41, 5.74) is 0. The number of nitrogens with one attached hydrogen (secondary N) is 1. The second-order valence-electron chi connectivity index (χ2n) is 3.22. The highest BCUT2D eigenvalue weighted by Gasteiger charge is 1.98. The number of aliphatic hydroxyl groups is 1. The van der Waals surface area contributed by atoms with Gasteiger partial charge >= 0.3 is 0 Å². The molecule has 0 aromatic carbocycles. The predicted molar refractivity (Wildman–Crippen MR) is 53.2 cm³/mol.